The number of amides is 1. The minimum Gasteiger partial charge on any atom is -0.464 e. The minimum absolute atomic E-state index is 0.278. The lowest BCUT2D eigenvalue weighted by Crippen LogP contribution is -2.65. The Morgan fingerprint density at radius 2 is 2.10 bits per heavy atom. The second-order valence-electron chi connectivity index (χ2n) is 4.83. The maximum absolute atomic E-state index is 12.5. The fourth-order valence-corrected chi connectivity index (χ4v) is 2.68. The van der Waals surface area contributed by atoms with Gasteiger partial charge in [0.1, 0.15) is 5.54 Å². The van der Waals surface area contributed by atoms with Crippen molar-refractivity contribution in [2.45, 2.75) is 25.8 Å². The molecule has 0 radical (unpaired) electrons. The fourth-order valence-electron chi connectivity index (χ4n) is 2.19. The highest BCUT2D eigenvalue weighted by atomic mass is 35.5. The Morgan fingerprint density at radius 1 is 1.40 bits per heavy atom. The molecule has 1 aromatic carbocycles. The Balaban J connectivity index is 2.23. The molecule has 20 heavy (non-hydrogen) atoms. The van der Waals surface area contributed by atoms with Gasteiger partial charge in [0.25, 0.3) is 5.91 Å². The predicted octanol–water partition coefficient (Wildman–Crippen LogP) is 3.16. The molecule has 6 heteroatoms. The van der Waals surface area contributed by atoms with Crippen molar-refractivity contribution in [3.63, 3.8) is 0 Å². The zero-order valence-electron chi connectivity index (χ0n) is 11.3. The SMILES string of the molecule is CCOC(=O)C1(C)CCN1C(=O)c1ccc(Cl)cc1Cl. The Kier molecular flexibility index (Phi) is 4.25. The molecule has 1 aliphatic heterocycles. The van der Waals surface area contributed by atoms with E-state index in [4.69, 9.17) is 27.9 Å². The largest absolute Gasteiger partial charge is 0.464 e. The summed E-state index contributed by atoms with van der Waals surface area (Å²) in [5.74, 6) is -0.668. The molecule has 1 saturated heterocycles. The molecule has 1 fully saturated rings. The van der Waals surface area contributed by atoms with E-state index in [1.54, 1.807) is 26.0 Å². The predicted molar refractivity (Wildman–Crippen MR) is 77.2 cm³/mol. The van der Waals surface area contributed by atoms with E-state index in [9.17, 15) is 9.59 Å². The quantitative estimate of drug-likeness (QED) is 0.805. The van der Waals surface area contributed by atoms with Crippen molar-refractivity contribution in [1.29, 1.82) is 0 Å². The van der Waals surface area contributed by atoms with E-state index in [0.29, 0.717) is 23.6 Å². The maximum Gasteiger partial charge on any atom is 0.331 e. The van der Waals surface area contributed by atoms with Crippen LogP contribution in [0, 0.1) is 0 Å². The van der Waals surface area contributed by atoms with Gasteiger partial charge < -0.3 is 9.64 Å². The third-order valence-electron chi connectivity index (χ3n) is 3.54. The average molecular weight is 316 g/mol. The molecule has 1 atom stereocenters. The molecule has 0 bridgehead atoms. The molecule has 0 spiro atoms. The van der Waals surface area contributed by atoms with Crippen LogP contribution in [0.5, 0.6) is 0 Å². The lowest BCUT2D eigenvalue weighted by molar-refractivity contribution is -0.162. The molecular weight excluding hydrogens is 301 g/mol. The van der Waals surface area contributed by atoms with Gasteiger partial charge in [-0.25, -0.2) is 4.79 Å². The van der Waals surface area contributed by atoms with Crippen LogP contribution in [0.2, 0.25) is 10.0 Å². The first kappa shape index (κ1) is 15.1. The van der Waals surface area contributed by atoms with Crippen molar-refractivity contribution in [2.24, 2.45) is 0 Å². The van der Waals surface area contributed by atoms with Crippen LogP contribution in [0.25, 0.3) is 0 Å². The Labute approximate surface area is 127 Å². The highest BCUT2D eigenvalue weighted by Crippen LogP contribution is 2.34. The molecule has 1 aliphatic rings. The number of benzene rings is 1. The van der Waals surface area contributed by atoms with E-state index in [1.165, 1.54) is 11.0 Å². The first-order valence-electron chi connectivity index (χ1n) is 6.34. The molecule has 4 nitrogen and oxygen atoms in total. The smallest absolute Gasteiger partial charge is 0.331 e. The van der Waals surface area contributed by atoms with Gasteiger partial charge in [-0.2, -0.15) is 0 Å². The van der Waals surface area contributed by atoms with Crippen molar-refractivity contribution in [1.82, 2.24) is 4.90 Å². The fraction of sp³-hybridized carbons (Fsp3) is 0.429. The summed E-state index contributed by atoms with van der Waals surface area (Å²) in [7, 11) is 0. The highest BCUT2D eigenvalue weighted by molar-refractivity contribution is 6.36. The molecule has 0 N–H and O–H groups in total. The molecular formula is C14H15Cl2NO3. The molecule has 0 aliphatic carbocycles. The van der Waals surface area contributed by atoms with Gasteiger partial charge in [0, 0.05) is 11.6 Å². The molecule has 1 heterocycles. The number of ether oxygens (including phenoxy) is 1. The van der Waals surface area contributed by atoms with Crippen LogP contribution in [0.15, 0.2) is 18.2 Å². The number of rotatable bonds is 3. The third kappa shape index (κ3) is 2.50. The van der Waals surface area contributed by atoms with Crippen molar-refractivity contribution in [3.05, 3.63) is 33.8 Å². The first-order chi connectivity index (χ1) is 9.40. The van der Waals surface area contributed by atoms with Crippen molar-refractivity contribution < 1.29 is 14.3 Å². The normalized spacial score (nSPS) is 21.3. The molecule has 0 saturated carbocycles. The van der Waals surface area contributed by atoms with Crippen LogP contribution in [0.1, 0.15) is 30.6 Å². The number of carbonyl (C=O) groups is 2. The van der Waals surface area contributed by atoms with Crippen LogP contribution < -0.4 is 0 Å². The zero-order chi connectivity index (χ0) is 14.9. The summed E-state index contributed by atoms with van der Waals surface area (Å²) in [5, 5.41) is 0.740. The average Bonchev–Trinajstić information content (AvgIpc) is 2.36. The van der Waals surface area contributed by atoms with Gasteiger partial charge in [-0.3, -0.25) is 4.79 Å². The second kappa shape index (κ2) is 5.62. The summed E-state index contributed by atoms with van der Waals surface area (Å²) in [5.41, 5.74) is -0.568. The number of esters is 1. The summed E-state index contributed by atoms with van der Waals surface area (Å²) >= 11 is 11.8. The second-order valence-corrected chi connectivity index (χ2v) is 5.67. The van der Waals surface area contributed by atoms with Gasteiger partial charge in [-0.1, -0.05) is 23.2 Å². The maximum atomic E-state index is 12.5. The summed E-state index contributed by atoms with van der Waals surface area (Å²) in [6.07, 6.45) is 0.586. The standard InChI is InChI=1S/C14H15Cl2NO3/c1-3-20-13(19)14(2)6-7-17(14)12(18)10-5-4-9(15)8-11(10)16/h4-5,8H,3,6-7H2,1-2H3. The minimum atomic E-state index is -0.907. The van der Waals surface area contributed by atoms with E-state index >= 15 is 0 Å². The summed E-state index contributed by atoms with van der Waals surface area (Å²) in [6, 6.07) is 4.68. The summed E-state index contributed by atoms with van der Waals surface area (Å²) < 4.78 is 5.03. The van der Waals surface area contributed by atoms with Crippen LogP contribution in [-0.4, -0.2) is 35.5 Å². The molecule has 1 unspecified atom stereocenters. The Morgan fingerprint density at radius 3 is 2.60 bits per heavy atom. The van der Waals surface area contributed by atoms with E-state index in [0.717, 1.165) is 0 Å². The monoisotopic (exact) mass is 315 g/mol. The Hall–Kier alpha value is -1.26. The van der Waals surface area contributed by atoms with Gasteiger partial charge in [-0.05, 0) is 38.5 Å². The molecule has 1 aromatic rings. The molecule has 108 valence electrons. The van der Waals surface area contributed by atoms with Gasteiger partial charge in [0.05, 0.1) is 17.2 Å². The molecule has 2 rings (SSSR count). The number of carbonyl (C=O) groups excluding carboxylic acids is 2. The van der Waals surface area contributed by atoms with E-state index in [1.807, 2.05) is 0 Å². The summed E-state index contributed by atoms with van der Waals surface area (Å²) in [6.45, 7) is 4.24. The zero-order valence-corrected chi connectivity index (χ0v) is 12.8. The van der Waals surface area contributed by atoms with E-state index < -0.39 is 5.54 Å². The van der Waals surface area contributed by atoms with Crippen LogP contribution >= 0.6 is 23.2 Å². The van der Waals surface area contributed by atoms with Crippen LogP contribution in [0.4, 0.5) is 0 Å². The van der Waals surface area contributed by atoms with Gasteiger partial charge >= 0.3 is 5.97 Å². The van der Waals surface area contributed by atoms with E-state index in [2.05, 4.69) is 0 Å². The third-order valence-corrected chi connectivity index (χ3v) is 4.09. The number of hydrogen-bond donors (Lipinski definition) is 0. The van der Waals surface area contributed by atoms with Crippen molar-refractivity contribution in [3.8, 4) is 0 Å². The Bertz CT molecular complexity index is 561. The number of likely N-dealkylation sites (tertiary alicyclic amines) is 1. The lowest BCUT2D eigenvalue weighted by Gasteiger charge is -2.48. The van der Waals surface area contributed by atoms with Gasteiger partial charge in [-0.15, -0.1) is 0 Å². The van der Waals surface area contributed by atoms with E-state index in [-0.39, 0.29) is 23.5 Å². The van der Waals surface area contributed by atoms with Crippen molar-refractivity contribution >= 4 is 35.1 Å². The number of halogens is 2. The topological polar surface area (TPSA) is 46.6 Å². The van der Waals surface area contributed by atoms with Crippen molar-refractivity contribution in [2.75, 3.05) is 13.2 Å². The summed E-state index contributed by atoms with van der Waals surface area (Å²) in [4.78, 5) is 25.9. The van der Waals surface area contributed by atoms with Gasteiger partial charge in [0.15, 0.2) is 0 Å². The molecule has 1 amide bonds. The highest BCUT2D eigenvalue weighted by Gasteiger charge is 2.51. The van der Waals surface area contributed by atoms with Crippen LogP contribution in [0.3, 0.4) is 0 Å². The molecule has 0 aromatic heterocycles. The number of nitrogens with zero attached hydrogens (tertiary/aromatic N) is 1. The number of hydrogen-bond acceptors (Lipinski definition) is 3. The lowest BCUT2D eigenvalue weighted by atomic mass is 9.86. The first-order valence-corrected chi connectivity index (χ1v) is 7.10. The van der Waals surface area contributed by atoms with Gasteiger partial charge in [0.2, 0.25) is 0 Å². The van der Waals surface area contributed by atoms with Crippen LogP contribution in [-0.2, 0) is 9.53 Å².